The van der Waals surface area contributed by atoms with E-state index in [0.717, 1.165) is 17.3 Å². The number of hydrogen-bond acceptors (Lipinski definition) is 3. The number of rotatable bonds is 3. The normalized spacial score (nSPS) is 13.0. The maximum absolute atomic E-state index is 12.7. The molecular formula is C15H17F3N4O. The standard InChI is InChI=1S/C15H17F3N4O/c1-8(13-9(2)21-22(4)10(13)3)14(23)20-12-7-5-6-11(19-12)15(16,17)18/h5-8H,1-4H3,(H,19,20,23). The summed E-state index contributed by atoms with van der Waals surface area (Å²) in [5, 5.41) is 6.67. The average molecular weight is 326 g/mol. The summed E-state index contributed by atoms with van der Waals surface area (Å²) in [6, 6.07) is 3.38. The molecule has 0 aliphatic heterocycles. The van der Waals surface area contributed by atoms with Gasteiger partial charge >= 0.3 is 6.18 Å². The molecule has 0 aliphatic carbocycles. The van der Waals surface area contributed by atoms with Gasteiger partial charge in [-0.1, -0.05) is 6.07 Å². The van der Waals surface area contributed by atoms with Crippen LogP contribution < -0.4 is 5.32 Å². The number of nitrogens with zero attached hydrogens (tertiary/aromatic N) is 3. The van der Waals surface area contributed by atoms with Crippen molar-refractivity contribution < 1.29 is 18.0 Å². The number of amides is 1. The van der Waals surface area contributed by atoms with E-state index in [4.69, 9.17) is 0 Å². The van der Waals surface area contributed by atoms with Crippen molar-refractivity contribution in [1.82, 2.24) is 14.8 Å². The van der Waals surface area contributed by atoms with Crippen LogP contribution in [0.1, 0.15) is 35.5 Å². The molecule has 0 radical (unpaired) electrons. The van der Waals surface area contributed by atoms with Crippen molar-refractivity contribution in [2.75, 3.05) is 5.32 Å². The molecule has 2 rings (SSSR count). The Balaban J connectivity index is 2.22. The highest BCUT2D eigenvalue weighted by molar-refractivity contribution is 5.95. The summed E-state index contributed by atoms with van der Waals surface area (Å²) in [6.07, 6.45) is -4.55. The van der Waals surface area contributed by atoms with Crippen LogP contribution in [0.3, 0.4) is 0 Å². The number of carbonyl (C=O) groups excluding carboxylic acids is 1. The number of carbonyl (C=O) groups is 1. The van der Waals surface area contributed by atoms with Crippen molar-refractivity contribution >= 4 is 11.7 Å². The Morgan fingerprint density at radius 1 is 1.30 bits per heavy atom. The lowest BCUT2D eigenvalue weighted by Crippen LogP contribution is -2.21. The fourth-order valence-electron chi connectivity index (χ4n) is 2.44. The van der Waals surface area contributed by atoms with Crippen LogP contribution in [0.4, 0.5) is 19.0 Å². The van der Waals surface area contributed by atoms with Crippen molar-refractivity contribution in [3.05, 3.63) is 40.8 Å². The fraction of sp³-hybridized carbons (Fsp3) is 0.400. The highest BCUT2D eigenvalue weighted by atomic mass is 19.4. The second-order valence-corrected chi connectivity index (χ2v) is 5.32. The maximum Gasteiger partial charge on any atom is 0.433 e. The Hall–Kier alpha value is -2.38. The third-order valence-corrected chi connectivity index (χ3v) is 3.68. The summed E-state index contributed by atoms with van der Waals surface area (Å²) in [4.78, 5) is 15.8. The predicted octanol–water partition coefficient (Wildman–Crippen LogP) is 3.19. The molecule has 2 aromatic rings. The van der Waals surface area contributed by atoms with Crippen LogP contribution in [0.2, 0.25) is 0 Å². The van der Waals surface area contributed by atoms with E-state index in [1.54, 1.807) is 25.6 Å². The fourth-order valence-corrected chi connectivity index (χ4v) is 2.44. The van der Waals surface area contributed by atoms with Crippen LogP contribution in [0.25, 0.3) is 0 Å². The van der Waals surface area contributed by atoms with Crippen LogP contribution in [0.5, 0.6) is 0 Å². The van der Waals surface area contributed by atoms with E-state index < -0.39 is 23.7 Å². The van der Waals surface area contributed by atoms with Gasteiger partial charge in [0.1, 0.15) is 11.5 Å². The number of nitrogens with one attached hydrogen (secondary N) is 1. The molecule has 23 heavy (non-hydrogen) atoms. The van der Waals surface area contributed by atoms with E-state index in [2.05, 4.69) is 15.4 Å². The lowest BCUT2D eigenvalue weighted by Gasteiger charge is -2.13. The van der Waals surface area contributed by atoms with E-state index in [-0.39, 0.29) is 5.82 Å². The highest BCUT2D eigenvalue weighted by Crippen LogP contribution is 2.29. The summed E-state index contributed by atoms with van der Waals surface area (Å²) >= 11 is 0. The highest BCUT2D eigenvalue weighted by Gasteiger charge is 2.32. The first-order chi connectivity index (χ1) is 10.6. The first-order valence-corrected chi connectivity index (χ1v) is 6.96. The molecule has 0 saturated carbocycles. The number of aromatic nitrogens is 3. The van der Waals surface area contributed by atoms with Crippen molar-refractivity contribution in [2.24, 2.45) is 7.05 Å². The predicted molar refractivity (Wildman–Crippen MR) is 79.0 cm³/mol. The molecule has 2 aromatic heterocycles. The van der Waals surface area contributed by atoms with Gasteiger partial charge in [0.15, 0.2) is 0 Å². The smallest absolute Gasteiger partial charge is 0.310 e. The molecule has 0 aliphatic rings. The molecule has 124 valence electrons. The maximum atomic E-state index is 12.7. The van der Waals surface area contributed by atoms with Gasteiger partial charge in [-0.3, -0.25) is 9.48 Å². The monoisotopic (exact) mass is 326 g/mol. The molecule has 1 amide bonds. The van der Waals surface area contributed by atoms with Gasteiger partial charge in [0.25, 0.3) is 0 Å². The number of pyridine rings is 1. The van der Waals surface area contributed by atoms with E-state index in [0.29, 0.717) is 5.69 Å². The van der Waals surface area contributed by atoms with Crippen LogP contribution in [-0.2, 0) is 18.0 Å². The summed E-state index contributed by atoms with van der Waals surface area (Å²) in [6.45, 7) is 5.30. The molecule has 1 N–H and O–H groups in total. The van der Waals surface area contributed by atoms with Crippen molar-refractivity contribution in [2.45, 2.75) is 32.9 Å². The molecule has 0 spiro atoms. The van der Waals surface area contributed by atoms with Gasteiger partial charge in [-0.05, 0) is 32.9 Å². The van der Waals surface area contributed by atoms with E-state index in [1.165, 1.54) is 12.1 Å². The molecule has 2 heterocycles. The van der Waals surface area contributed by atoms with Crippen LogP contribution in [0.15, 0.2) is 18.2 Å². The molecule has 1 unspecified atom stereocenters. The van der Waals surface area contributed by atoms with Gasteiger partial charge in [-0.25, -0.2) is 4.98 Å². The Bertz CT molecular complexity index is 737. The van der Waals surface area contributed by atoms with Crippen molar-refractivity contribution in [3.63, 3.8) is 0 Å². The van der Waals surface area contributed by atoms with Gasteiger partial charge in [-0.2, -0.15) is 18.3 Å². The second kappa shape index (κ2) is 6.02. The molecule has 5 nitrogen and oxygen atoms in total. The third kappa shape index (κ3) is 3.52. The van der Waals surface area contributed by atoms with Crippen LogP contribution >= 0.6 is 0 Å². The zero-order valence-corrected chi connectivity index (χ0v) is 13.2. The molecule has 1 atom stereocenters. The molecule has 0 saturated heterocycles. The average Bonchev–Trinajstić information content (AvgIpc) is 2.70. The summed E-state index contributed by atoms with van der Waals surface area (Å²) in [5.41, 5.74) is 1.26. The quantitative estimate of drug-likeness (QED) is 0.942. The van der Waals surface area contributed by atoms with Gasteiger partial charge < -0.3 is 5.32 Å². The van der Waals surface area contributed by atoms with Crippen molar-refractivity contribution in [1.29, 1.82) is 0 Å². The minimum Gasteiger partial charge on any atom is -0.310 e. The summed E-state index contributed by atoms with van der Waals surface area (Å²) in [7, 11) is 1.77. The molecule has 0 fully saturated rings. The van der Waals surface area contributed by atoms with E-state index in [1.807, 2.05) is 6.92 Å². The Morgan fingerprint density at radius 2 is 1.96 bits per heavy atom. The minimum absolute atomic E-state index is 0.129. The van der Waals surface area contributed by atoms with Gasteiger partial charge in [0.05, 0.1) is 11.6 Å². The molecule has 8 heteroatoms. The topological polar surface area (TPSA) is 59.8 Å². The van der Waals surface area contributed by atoms with E-state index >= 15 is 0 Å². The largest absolute Gasteiger partial charge is 0.433 e. The first kappa shape index (κ1) is 17.0. The summed E-state index contributed by atoms with van der Waals surface area (Å²) in [5.74, 6) is -1.12. The first-order valence-electron chi connectivity index (χ1n) is 6.96. The van der Waals surface area contributed by atoms with Crippen LogP contribution in [-0.4, -0.2) is 20.7 Å². The van der Waals surface area contributed by atoms with Crippen molar-refractivity contribution in [3.8, 4) is 0 Å². The SMILES string of the molecule is Cc1nn(C)c(C)c1C(C)C(=O)Nc1cccc(C(F)(F)F)n1. The number of hydrogen-bond donors (Lipinski definition) is 1. The van der Waals surface area contributed by atoms with Gasteiger partial charge in [-0.15, -0.1) is 0 Å². The second-order valence-electron chi connectivity index (χ2n) is 5.32. The zero-order valence-electron chi connectivity index (χ0n) is 13.2. The lowest BCUT2D eigenvalue weighted by atomic mass is 9.98. The van der Waals surface area contributed by atoms with E-state index in [9.17, 15) is 18.0 Å². The number of halogens is 3. The van der Waals surface area contributed by atoms with Gasteiger partial charge in [0.2, 0.25) is 5.91 Å². The Morgan fingerprint density at radius 3 is 2.48 bits per heavy atom. The Labute approximate surface area is 131 Å². The van der Waals surface area contributed by atoms with Crippen LogP contribution in [0, 0.1) is 13.8 Å². The number of anilines is 1. The number of aryl methyl sites for hydroxylation is 2. The molecular weight excluding hydrogens is 309 g/mol. The third-order valence-electron chi connectivity index (χ3n) is 3.68. The number of alkyl halides is 3. The zero-order chi connectivity index (χ0) is 17.4. The minimum atomic E-state index is -4.55. The molecule has 0 aromatic carbocycles. The molecule has 0 bridgehead atoms. The lowest BCUT2D eigenvalue weighted by molar-refractivity contribution is -0.141. The Kier molecular flexibility index (Phi) is 4.44. The summed E-state index contributed by atoms with van der Waals surface area (Å²) < 4.78 is 39.6. The van der Waals surface area contributed by atoms with Gasteiger partial charge in [0, 0.05) is 18.3 Å².